The quantitative estimate of drug-likeness (QED) is 0.279. The van der Waals surface area contributed by atoms with E-state index in [0.29, 0.717) is 38.6 Å². The summed E-state index contributed by atoms with van der Waals surface area (Å²) < 4.78 is 33.1. The number of nitrogen functional groups attached to an aromatic ring is 1. The zero-order valence-corrected chi connectivity index (χ0v) is 21.1. The van der Waals surface area contributed by atoms with Gasteiger partial charge in [-0.25, -0.2) is 13.3 Å². The van der Waals surface area contributed by atoms with E-state index in [1.54, 1.807) is 47.1 Å². The van der Waals surface area contributed by atoms with Gasteiger partial charge in [0.2, 0.25) is 0 Å². The fraction of sp³-hybridized carbons (Fsp3) is 0.280. The Labute approximate surface area is 201 Å². The fourth-order valence-corrected chi connectivity index (χ4v) is 4.44. The maximum absolute atomic E-state index is 14.6. The van der Waals surface area contributed by atoms with E-state index in [4.69, 9.17) is 5.73 Å². The maximum atomic E-state index is 14.6. The van der Waals surface area contributed by atoms with Crippen molar-refractivity contribution < 1.29 is 18.5 Å². The lowest BCUT2D eigenvalue weighted by atomic mass is 9.87. The van der Waals surface area contributed by atoms with E-state index < -0.39 is 16.8 Å². The van der Waals surface area contributed by atoms with Gasteiger partial charge in [0.1, 0.15) is 11.6 Å². The molecule has 0 amide bonds. The van der Waals surface area contributed by atoms with Crippen molar-refractivity contribution in [1.29, 1.82) is 0 Å². The molecule has 0 bridgehead atoms. The number of nitrogens with one attached hydrogen (secondary N) is 1. The molecule has 0 aliphatic rings. The Kier molecular flexibility index (Phi) is 7.26. The molecule has 0 saturated carbocycles. The second-order valence-corrected chi connectivity index (χ2v) is 9.84. The fourth-order valence-electron chi connectivity index (χ4n) is 3.59. The number of anilines is 2. The molecule has 4 aromatic rings. The molecule has 34 heavy (non-hydrogen) atoms. The smallest absolute Gasteiger partial charge is 0.312 e. The third-order valence-electron chi connectivity index (χ3n) is 5.17. The van der Waals surface area contributed by atoms with Crippen LogP contribution in [0.3, 0.4) is 0 Å². The third kappa shape index (κ3) is 4.89. The van der Waals surface area contributed by atoms with Crippen LogP contribution in [0, 0.1) is 12.7 Å². The minimum absolute atomic E-state index is 0.200. The first-order chi connectivity index (χ1) is 16.1. The highest BCUT2D eigenvalue weighted by atomic mass is 32.2. The highest BCUT2D eigenvalue weighted by molar-refractivity contribution is 7.86. The van der Waals surface area contributed by atoms with Crippen molar-refractivity contribution in [2.24, 2.45) is 0 Å². The molecule has 4 rings (SSSR count). The zero-order chi connectivity index (χ0) is 25.2. The zero-order valence-electron chi connectivity index (χ0n) is 20.3. The van der Waals surface area contributed by atoms with Crippen LogP contribution in [0.15, 0.2) is 59.5 Å². The second-order valence-electron chi connectivity index (χ2n) is 8.63. The van der Waals surface area contributed by atoms with Gasteiger partial charge >= 0.3 is 5.82 Å². The number of aryl methyl sites for hydroxylation is 1. The Morgan fingerprint density at radius 1 is 1.12 bits per heavy atom. The minimum atomic E-state index is -1.72. The molecule has 1 atom stereocenters. The van der Waals surface area contributed by atoms with Gasteiger partial charge in [0.25, 0.3) is 0 Å². The van der Waals surface area contributed by atoms with Crippen LogP contribution >= 0.6 is 0 Å². The molecular weight excluding hydrogens is 453 g/mol. The van der Waals surface area contributed by atoms with E-state index in [1.807, 2.05) is 47.6 Å². The Bertz CT molecular complexity index is 1360. The number of benzene rings is 2. The van der Waals surface area contributed by atoms with Crippen LogP contribution in [0.4, 0.5) is 16.0 Å². The number of nitrogens with zero attached hydrogens (tertiary/aromatic N) is 3. The van der Waals surface area contributed by atoms with Crippen molar-refractivity contribution in [3.8, 4) is 5.69 Å². The molecule has 2 heterocycles. The Hall–Kier alpha value is -3.46. The van der Waals surface area contributed by atoms with Crippen molar-refractivity contribution in [1.82, 2.24) is 9.78 Å². The molecule has 0 aliphatic heterocycles. The van der Waals surface area contributed by atoms with Gasteiger partial charge in [0.05, 0.1) is 21.7 Å². The Balaban J connectivity index is 0.00000158. The number of rotatable bonds is 4. The highest BCUT2D eigenvalue weighted by Gasteiger charge is 2.21. The maximum Gasteiger partial charge on any atom is 0.312 e. The van der Waals surface area contributed by atoms with Crippen molar-refractivity contribution in [2.45, 2.75) is 51.9 Å². The third-order valence-corrected chi connectivity index (χ3v) is 6.25. The largest absolute Gasteiger partial charge is 0.349 e. The van der Waals surface area contributed by atoms with Crippen LogP contribution in [0.5, 0.6) is 0 Å². The topological polar surface area (TPSA) is 97.0 Å². The van der Waals surface area contributed by atoms with Crippen LogP contribution in [0.1, 0.15) is 45.9 Å². The van der Waals surface area contributed by atoms with Crippen molar-refractivity contribution >= 4 is 33.5 Å². The summed E-state index contributed by atoms with van der Waals surface area (Å²) in [6.07, 6.45) is 0. The predicted octanol–water partition coefficient (Wildman–Crippen LogP) is 5.04. The van der Waals surface area contributed by atoms with Crippen molar-refractivity contribution in [2.75, 3.05) is 10.5 Å². The molecule has 0 saturated heterocycles. The summed E-state index contributed by atoms with van der Waals surface area (Å²) in [5.41, 5.74) is 7.86. The summed E-state index contributed by atoms with van der Waals surface area (Å²) in [4.78, 5) is 0.319. The number of hydrogen-bond donors (Lipinski definition) is 3. The molecule has 1 unspecified atom stereocenters. The first-order valence-electron chi connectivity index (χ1n) is 11.0. The molecule has 0 fully saturated rings. The highest BCUT2D eigenvalue weighted by Crippen LogP contribution is 2.28. The van der Waals surface area contributed by atoms with E-state index in [2.05, 4.69) is 9.82 Å². The Morgan fingerprint density at radius 3 is 2.47 bits per heavy atom. The lowest BCUT2D eigenvalue weighted by molar-refractivity contribution is -0.873. The summed E-state index contributed by atoms with van der Waals surface area (Å²) in [7, 11) is -1.72. The van der Waals surface area contributed by atoms with Gasteiger partial charge in [-0.2, -0.15) is 5.10 Å². The number of aromatic nitrogens is 3. The van der Waals surface area contributed by atoms with Crippen LogP contribution in [0.25, 0.3) is 16.6 Å². The SMILES string of the molecule is CC.Cc1cc(NS(=O)c2ccc(C(C)(C)C)c(F)c2)n(-c2cccc3c2ccc(N)[n+]3O)n1. The normalized spacial score (nSPS) is 12.2. The molecular formula is C25H31FN5O2S+. The summed E-state index contributed by atoms with van der Waals surface area (Å²) in [5, 5.41) is 15.5. The van der Waals surface area contributed by atoms with Gasteiger partial charge in [-0.3, -0.25) is 10.5 Å². The van der Waals surface area contributed by atoms with Crippen LogP contribution in [0.2, 0.25) is 0 Å². The molecule has 0 spiro atoms. The van der Waals surface area contributed by atoms with Gasteiger partial charge < -0.3 is 5.21 Å². The average molecular weight is 485 g/mol. The predicted molar refractivity (Wildman–Crippen MR) is 134 cm³/mol. The van der Waals surface area contributed by atoms with E-state index in [1.165, 1.54) is 6.07 Å². The molecule has 2 aromatic heterocycles. The van der Waals surface area contributed by atoms with Crippen LogP contribution in [-0.2, 0) is 16.4 Å². The minimum Gasteiger partial charge on any atom is -0.349 e. The van der Waals surface area contributed by atoms with Crippen LogP contribution in [-0.4, -0.2) is 19.2 Å². The molecule has 9 heteroatoms. The second kappa shape index (κ2) is 9.80. The lowest BCUT2D eigenvalue weighted by Crippen LogP contribution is -2.34. The lowest BCUT2D eigenvalue weighted by Gasteiger charge is -2.20. The van der Waals surface area contributed by atoms with Crippen molar-refractivity contribution in [3.05, 3.63) is 71.7 Å². The van der Waals surface area contributed by atoms with Gasteiger partial charge in [-0.15, -0.1) is 0 Å². The number of fused-ring (bicyclic) bond motifs is 1. The summed E-state index contributed by atoms with van der Waals surface area (Å²) in [6.45, 7) is 11.6. The first-order valence-corrected chi connectivity index (χ1v) is 12.2. The molecule has 0 radical (unpaired) electrons. The average Bonchev–Trinajstić information content (AvgIpc) is 3.16. The van der Waals surface area contributed by atoms with E-state index in [9.17, 15) is 13.8 Å². The summed E-state index contributed by atoms with van der Waals surface area (Å²) in [6, 6.07) is 15.1. The van der Waals surface area contributed by atoms with Crippen molar-refractivity contribution in [3.63, 3.8) is 0 Å². The van der Waals surface area contributed by atoms with Gasteiger partial charge in [-0.1, -0.05) is 46.8 Å². The molecule has 180 valence electrons. The number of hydrogen-bond acceptors (Lipinski definition) is 4. The summed E-state index contributed by atoms with van der Waals surface area (Å²) in [5.74, 6) is 0.274. The molecule has 0 aliphatic carbocycles. The van der Waals surface area contributed by atoms with E-state index in [0.717, 1.165) is 4.73 Å². The van der Waals surface area contributed by atoms with E-state index in [-0.39, 0.29) is 11.2 Å². The van der Waals surface area contributed by atoms with Gasteiger partial charge in [0, 0.05) is 12.1 Å². The number of halogens is 1. The monoisotopic (exact) mass is 484 g/mol. The van der Waals surface area contributed by atoms with Gasteiger partial charge in [0.15, 0.2) is 16.5 Å². The number of nitrogens with two attached hydrogens (primary N) is 1. The standard InChI is InChI=1S/C23H24FN5O2S.C2H6/c1-14-12-22(27-32(31)15-8-10-17(18(24)13-15)23(2,3)4)28(26-14)19-6-5-7-20-16(19)9-11-21(25)29(20)30;1-2/h5-13,25,30H,1-4H3,(H,26,27);1-2H3/p+1. The van der Waals surface area contributed by atoms with Gasteiger partial charge in [-0.05, 0) is 53.0 Å². The molecule has 4 N–H and O–H groups in total. The summed E-state index contributed by atoms with van der Waals surface area (Å²) >= 11 is 0. The first kappa shape index (κ1) is 25.2. The molecule has 2 aromatic carbocycles. The van der Waals surface area contributed by atoms with Crippen LogP contribution < -0.4 is 15.2 Å². The Morgan fingerprint density at radius 2 is 1.82 bits per heavy atom. The van der Waals surface area contributed by atoms with E-state index >= 15 is 0 Å². The number of pyridine rings is 1. The molecule has 7 nitrogen and oxygen atoms in total.